The van der Waals surface area contributed by atoms with Crippen LogP contribution in [0.2, 0.25) is 0 Å². The van der Waals surface area contributed by atoms with Crippen molar-refractivity contribution in [3.05, 3.63) is 0 Å². The van der Waals surface area contributed by atoms with E-state index in [1.54, 1.807) is 13.8 Å². The third-order valence-corrected chi connectivity index (χ3v) is 3.54. The lowest BCUT2D eigenvalue weighted by Crippen LogP contribution is -2.58. The lowest BCUT2D eigenvalue weighted by molar-refractivity contribution is -0.148. The Bertz CT molecular complexity index is 275. The molecule has 0 rings (SSSR count). The summed E-state index contributed by atoms with van der Waals surface area (Å²) in [6, 6.07) is -0.656. The van der Waals surface area contributed by atoms with Gasteiger partial charge in [0.1, 0.15) is 5.54 Å². The Morgan fingerprint density at radius 3 is 2.06 bits per heavy atom. The third kappa shape index (κ3) is 3.70. The molecule has 0 radical (unpaired) electrons. The largest absolute Gasteiger partial charge is 0.480 e. The first kappa shape index (κ1) is 15.9. The molecule has 0 aliphatic carbocycles. The van der Waals surface area contributed by atoms with Gasteiger partial charge in [0.15, 0.2) is 0 Å². The van der Waals surface area contributed by atoms with Crippen LogP contribution in [-0.4, -0.2) is 28.6 Å². The van der Waals surface area contributed by atoms with Crippen molar-refractivity contribution >= 4 is 11.9 Å². The highest BCUT2D eigenvalue weighted by atomic mass is 16.4. The standard InChI is InChI=1S/C12H24N2O3/c1-5-8(4)9(13)10(15)14-12(6-2,7-3)11(16)17/h8-9H,5-7,13H2,1-4H3,(H,14,15)(H,16,17)/t8?,9-/m0/s1. The van der Waals surface area contributed by atoms with Crippen molar-refractivity contribution in [1.82, 2.24) is 5.32 Å². The molecule has 2 atom stereocenters. The number of carboxylic acids is 1. The Morgan fingerprint density at radius 2 is 1.76 bits per heavy atom. The quantitative estimate of drug-likeness (QED) is 0.625. The summed E-state index contributed by atoms with van der Waals surface area (Å²) in [5, 5.41) is 11.8. The van der Waals surface area contributed by atoms with Gasteiger partial charge < -0.3 is 16.2 Å². The fraction of sp³-hybridized carbons (Fsp3) is 0.833. The zero-order valence-electron chi connectivity index (χ0n) is 11.1. The Labute approximate surface area is 103 Å². The van der Waals surface area contributed by atoms with E-state index in [9.17, 15) is 14.7 Å². The highest BCUT2D eigenvalue weighted by molar-refractivity contribution is 5.89. The van der Waals surface area contributed by atoms with Crippen molar-refractivity contribution < 1.29 is 14.7 Å². The second-order valence-electron chi connectivity index (χ2n) is 4.49. The fourth-order valence-electron chi connectivity index (χ4n) is 1.61. The van der Waals surface area contributed by atoms with Gasteiger partial charge in [-0.1, -0.05) is 34.1 Å². The molecule has 5 heteroatoms. The van der Waals surface area contributed by atoms with E-state index < -0.39 is 17.6 Å². The second-order valence-corrected chi connectivity index (χ2v) is 4.49. The molecule has 0 aromatic rings. The van der Waals surface area contributed by atoms with E-state index in [4.69, 9.17) is 5.73 Å². The van der Waals surface area contributed by atoms with E-state index in [0.29, 0.717) is 12.8 Å². The molecule has 0 fully saturated rings. The predicted molar refractivity (Wildman–Crippen MR) is 66.5 cm³/mol. The van der Waals surface area contributed by atoms with Gasteiger partial charge in [-0.15, -0.1) is 0 Å². The summed E-state index contributed by atoms with van der Waals surface area (Å²) < 4.78 is 0. The van der Waals surface area contributed by atoms with Crippen LogP contribution >= 0.6 is 0 Å². The van der Waals surface area contributed by atoms with Crippen molar-refractivity contribution in [1.29, 1.82) is 0 Å². The first-order valence-electron chi connectivity index (χ1n) is 6.15. The van der Waals surface area contributed by atoms with Gasteiger partial charge in [-0.05, 0) is 18.8 Å². The molecule has 0 aromatic heterocycles. The topological polar surface area (TPSA) is 92.4 Å². The maximum Gasteiger partial charge on any atom is 0.329 e. The Kier molecular flexibility index (Phi) is 6.16. The van der Waals surface area contributed by atoms with Crippen molar-refractivity contribution in [2.75, 3.05) is 0 Å². The van der Waals surface area contributed by atoms with Gasteiger partial charge in [0.25, 0.3) is 0 Å². The molecule has 0 aliphatic rings. The average Bonchev–Trinajstić information content (AvgIpc) is 2.33. The molecule has 5 nitrogen and oxygen atoms in total. The molecule has 17 heavy (non-hydrogen) atoms. The second kappa shape index (κ2) is 6.59. The van der Waals surface area contributed by atoms with Crippen LogP contribution in [0.5, 0.6) is 0 Å². The maximum atomic E-state index is 11.9. The Morgan fingerprint density at radius 1 is 1.29 bits per heavy atom. The van der Waals surface area contributed by atoms with Gasteiger partial charge in [0, 0.05) is 0 Å². The molecule has 0 spiro atoms. The van der Waals surface area contributed by atoms with Crippen molar-refractivity contribution in [2.45, 2.75) is 58.5 Å². The molecule has 100 valence electrons. The van der Waals surface area contributed by atoms with Gasteiger partial charge in [0.05, 0.1) is 6.04 Å². The molecule has 0 heterocycles. The molecule has 0 bridgehead atoms. The first-order valence-corrected chi connectivity index (χ1v) is 6.15. The number of carboxylic acid groups (broad SMARTS) is 1. The number of hydrogen-bond acceptors (Lipinski definition) is 3. The summed E-state index contributed by atoms with van der Waals surface area (Å²) in [5.41, 5.74) is 4.59. The first-order chi connectivity index (χ1) is 7.84. The van der Waals surface area contributed by atoms with Gasteiger partial charge in [-0.2, -0.15) is 0 Å². The van der Waals surface area contributed by atoms with Crippen LogP contribution in [0.15, 0.2) is 0 Å². The number of nitrogens with two attached hydrogens (primary N) is 1. The smallest absolute Gasteiger partial charge is 0.329 e. The molecule has 0 aliphatic heterocycles. The van der Waals surface area contributed by atoms with Crippen LogP contribution in [0.4, 0.5) is 0 Å². The van der Waals surface area contributed by atoms with Gasteiger partial charge >= 0.3 is 5.97 Å². The minimum atomic E-state index is -1.19. The summed E-state index contributed by atoms with van der Waals surface area (Å²) in [6.07, 6.45) is 1.47. The van der Waals surface area contributed by atoms with Gasteiger partial charge in [0.2, 0.25) is 5.91 Å². The normalized spacial score (nSPS) is 15.1. The minimum Gasteiger partial charge on any atom is -0.480 e. The van der Waals surface area contributed by atoms with Gasteiger partial charge in [-0.3, -0.25) is 4.79 Å². The molecular weight excluding hydrogens is 220 g/mol. The zero-order valence-corrected chi connectivity index (χ0v) is 11.1. The van der Waals surface area contributed by atoms with Crippen LogP contribution in [0.25, 0.3) is 0 Å². The van der Waals surface area contributed by atoms with E-state index in [0.717, 1.165) is 6.42 Å². The summed E-state index contributed by atoms with van der Waals surface area (Å²) in [5.74, 6) is -1.35. The molecular formula is C12H24N2O3. The highest BCUT2D eigenvalue weighted by Gasteiger charge is 2.37. The Balaban J connectivity index is 4.79. The van der Waals surface area contributed by atoms with E-state index >= 15 is 0 Å². The number of rotatable bonds is 7. The van der Waals surface area contributed by atoms with Crippen molar-refractivity contribution in [3.8, 4) is 0 Å². The SMILES string of the molecule is CCC(C)[C@H](N)C(=O)NC(CC)(CC)C(=O)O. The number of carbonyl (C=O) groups is 2. The number of aliphatic carboxylic acids is 1. The summed E-state index contributed by atoms with van der Waals surface area (Å²) in [7, 11) is 0. The molecule has 1 amide bonds. The zero-order chi connectivity index (χ0) is 13.6. The number of nitrogens with one attached hydrogen (secondary N) is 1. The van der Waals surface area contributed by atoms with Crippen LogP contribution in [-0.2, 0) is 9.59 Å². The molecule has 4 N–H and O–H groups in total. The van der Waals surface area contributed by atoms with Crippen LogP contribution in [0.1, 0.15) is 47.0 Å². The number of carbonyl (C=O) groups excluding carboxylic acids is 1. The molecule has 0 aromatic carbocycles. The number of hydrogen-bond donors (Lipinski definition) is 3. The van der Waals surface area contributed by atoms with Crippen LogP contribution in [0.3, 0.4) is 0 Å². The van der Waals surface area contributed by atoms with Crippen LogP contribution in [0, 0.1) is 5.92 Å². The fourth-order valence-corrected chi connectivity index (χ4v) is 1.61. The summed E-state index contributed by atoms with van der Waals surface area (Å²) >= 11 is 0. The molecule has 1 unspecified atom stereocenters. The van der Waals surface area contributed by atoms with E-state index in [1.165, 1.54) is 0 Å². The molecule has 0 saturated carbocycles. The average molecular weight is 244 g/mol. The van der Waals surface area contributed by atoms with Gasteiger partial charge in [-0.25, -0.2) is 4.79 Å². The van der Waals surface area contributed by atoms with E-state index in [2.05, 4.69) is 5.32 Å². The van der Waals surface area contributed by atoms with E-state index in [-0.39, 0.29) is 11.8 Å². The molecule has 0 saturated heterocycles. The lowest BCUT2D eigenvalue weighted by Gasteiger charge is -2.30. The van der Waals surface area contributed by atoms with Crippen LogP contribution < -0.4 is 11.1 Å². The monoisotopic (exact) mass is 244 g/mol. The number of amides is 1. The summed E-state index contributed by atoms with van der Waals surface area (Å²) in [6.45, 7) is 7.31. The highest BCUT2D eigenvalue weighted by Crippen LogP contribution is 2.16. The summed E-state index contributed by atoms with van der Waals surface area (Å²) in [4.78, 5) is 23.1. The van der Waals surface area contributed by atoms with Crippen molar-refractivity contribution in [3.63, 3.8) is 0 Å². The third-order valence-electron chi connectivity index (χ3n) is 3.54. The van der Waals surface area contributed by atoms with E-state index in [1.807, 2.05) is 13.8 Å². The maximum absolute atomic E-state index is 11.9. The Hall–Kier alpha value is -1.10. The minimum absolute atomic E-state index is 0.0372. The lowest BCUT2D eigenvalue weighted by atomic mass is 9.91. The van der Waals surface area contributed by atoms with Crippen molar-refractivity contribution in [2.24, 2.45) is 11.7 Å². The predicted octanol–water partition coefficient (Wildman–Crippen LogP) is 1.12.